The largest absolute Gasteiger partial charge is 0.493 e. The van der Waals surface area contributed by atoms with Crippen LogP contribution in [0, 0.1) is 6.92 Å². The lowest BCUT2D eigenvalue weighted by molar-refractivity contribution is 0.103. The highest BCUT2D eigenvalue weighted by atomic mass is 79.9. The van der Waals surface area contributed by atoms with E-state index in [2.05, 4.69) is 15.9 Å². The van der Waals surface area contributed by atoms with Gasteiger partial charge in [-0.1, -0.05) is 15.9 Å². The van der Waals surface area contributed by atoms with E-state index in [1.165, 1.54) is 0 Å². The number of rotatable bonds is 2. The molecule has 0 saturated heterocycles. The fraction of sp³-hybridized carbons (Fsp3) is 0.235. The van der Waals surface area contributed by atoms with Gasteiger partial charge in [-0.05, 0) is 67.3 Å². The Morgan fingerprint density at radius 2 is 2.00 bits per heavy atom. The van der Waals surface area contributed by atoms with Gasteiger partial charge in [-0.15, -0.1) is 0 Å². The van der Waals surface area contributed by atoms with Crippen LogP contribution in [0.25, 0.3) is 0 Å². The first kappa shape index (κ1) is 13.4. The van der Waals surface area contributed by atoms with E-state index < -0.39 is 0 Å². The molecule has 20 heavy (non-hydrogen) atoms. The van der Waals surface area contributed by atoms with E-state index in [0.717, 1.165) is 46.4 Å². The van der Waals surface area contributed by atoms with E-state index in [4.69, 9.17) is 4.74 Å². The predicted molar refractivity (Wildman–Crippen MR) is 82.6 cm³/mol. The molecule has 0 fully saturated rings. The highest BCUT2D eigenvalue weighted by Gasteiger charge is 2.15. The normalized spacial score (nSPS) is 13.5. The van der Waals surface area contributed by atoms with Gasteiger partial charge in [0.25, 0.3) is 0 Å². The summed E-state index contributed by atoms with van der Waals surface area (Å²) in [7, 11) is 0. The summed E-state index contributed by atoms with van der Waals surface area (Å²) in [6.45, 7) is 2.76. The van der Waals surface area contributed by atoms with Gasteiger partial charge in [-0.25, -0.2) is 0 Å². The van der Waals surface area contributed by atoms with Crippen LogP contribution >= 0.6 is 15.9 Å². The molecular weight excluding hydrogens is 316 g/mol. The number of carbonyl (C=O) groups is 1. The Hall–Kier alpha value is -1.61. The quantitative estimate of drug-likeness (QED) is 0.767. The molecular formula is C17H15BrO2. The zero-order chi connectivity index (χ0) is 14.1. The van der Waals surface area contributed by atoms with Crippen LogP contribution < -0.4 is 4.74 Å². The number of benzene rings is 2. The van der Waals surface area contributed by atoms with Gasteiger partial charge in [0.1, 0.15) is 5.75 Å². The summed E-state index contributed by atoms with van der Waals surface area (Å²) in [4.78, 5) is 12.6. The number of hydrogen-bond acceptors (Lipinski definition) is 2. The predicted octanol–water partition coefficient (Wildman–Crippen LogP) is 4.31. The van der Waals surface area contributed by atoms with Crippen LogP contribution in [-0.4, -0.2) is 12.4 Å². The lowest BCUT2D eigenvalue weighted by atomic mass is 9.97. The van der Waals surface area contributed by atoms with Gasteiger partial charge in [0.2, 0.25) is 0 Å². The first-order chi connectivity index (χ1) is 9.63. The molecule has 0 unspecified atom stereocenters. The summed E-state index contributed by atoms with van der Waals surface area (Å²) in [6.07, 6.45) is 1.99. The molecule has 0 saturated carbocycles. The molecule has 0 aliphatic carbocycles. The van der Waals surface area contributed by atoms with Crippen molar-refractivity contribution in [1.29, 1.82) is 0 Å². The Morgan fingerprint density at radius 1 is 1.15 bits per heavy atom. The maximum atomic E-state index is 12.6. The van der Waals surface area contributed by atoms with E-state index in [-0.39, 0.29) is 5.78 Å². The van der Waals surface area contributed by atoms with Crippen molar-refractivity contribution in [2.24, 2.45) is 0 Å². The maximum Gasteiger partial charge on any atom is 0.193 e. The van der Waals surface area contributed by atoms with E-state index in [0.29, 0.717) is 5.56 Å². The van der Waals surface area contributed by atoms with Crippen molar-refractivity contribution in [2.75, 3.05) is 6.61 Å². The Bertz CT molecular complexity index is 656. The summed E-state index contributed by atoms with van der Waals surface area (Å²) in [6, 6.07) is 11.5. The number of ketones is 1. The molecule has 1 aliphatic rings. The molecule has 2 aromatic rings. The lowest BCUT2D eigenvalue weighted by Gasteiger charge is -2.17. The van der Waals surface area contributed by atoms with Crippen molar-refractivity contribution < 1.29 is 9.53 Å². The first-order valence-corrected chi connectivity index (χ1v) is 7.50. The molecule has 2 aromatic carbocycles. The topological polar surface area (TPSA) is 26.3 Å². The molecule has 0 aromatic heterocycles. The zero-order valence-corrected chi connectivity index (χ0v) is 12.9. The number of halogens is 1. The molecule has 3 rings (SSSR count). The summed E-state index contributed by atoms with van der Waals surface area (Å²) in [5.41, 5.74) is 3.65. The number of fused-ring (bicyclic) bond motifs is 1. The van der Waals surface area contributed by atoms with Crippen LogP contribution in [0.5, 0.6) is 5.75 Å². The third-order valence-electron chi connectivity index (χ3n) is 3.48. The molecule has 1 aliphatic heterocycles. The third-order valence-corrected chi connectivity index (χ3v) is 3.93. The van der Waals surface area contributed by atoms with Crippen LogP contribution in [0.15, 0.2) is 40.9 Å². The maximum absolute atomic E-state index is 12.6. The molecule has 1 heterocycles. The minimum atomic E-state index is 0.0581. The Balaban J connectivity index is 1.97. The first-order valence-electron chi connectivity index (χ1n) is 6.71. The highest BCUT2D eigenvalue weighted by molar-refractivity contribution is 9.10. The monoisotopic (exact) mass is 330 g/mol. The Morgan fingerprint density at radius 3 is 2.80 bits per heavy atom. The standard InChI is InChI=1S/C17H15BrO2/c1-11-7-14(10-15(18)8-11)17(19)13-4-5-16-12(9-13)3-2-6-20-16/h4-5,7-10H,2-3,6H2,1H3. The molecule has 102 valence electrons. The number of aryl methyl sites for hydroxylation is 2. The molecule has 0 atom stereocenters. The summed E-state index contributed by atoms with van der Waals surface area (Å²) in [5, 5.41) is 0. The molecule has 0 spiro atoms. The molecule has 2 nitrogen and oxygen atoms in total. The Kier molecular flexibility index (Phi) is 3.62. The molecule has 0 bridgehead atoms. The Labute approximate surface area is 126 Å². The van der Waals surface area contributed by atoms with E-state index >= 15 is 0 Å². The van der Waals surface area contributed by atoms with Crippen molar-refractivity contribution in [3.63, 3.8) is 0 Å². The lowest BCUT2D eigenvalue weighted by Crippen LogP contribution is -2.10. The minimum Gasteiger partial charge on any atom is -0.493 e. The van der Waals surface area contributed by atoms with Gasteiger partial charge >= 0.3 is 0 Å². The summed E-state index contributed by atoms with van der Waals surface area (Å²) >= 11 is 3.44. The number of carbonyl (C=O) groups excluding carboxylic acids is 1. The molecule has 3 heteroatoms. The molecule has 0 amide bonds. The third kappa shape index (κ3) is 2.63. The fourth-order valence-corrected chi connectivity index (χ4v) is 3.14. The van der Waals surface area contributed by atoms with Crippen LogP contribution in [0.3, 0.4) is 0 Å². The second-order valence-corrected chi connectivity index (χ2v) is 6.04. The van der Waals surface area contributed by atoms with Gasteiger partial charge in [-0.2, -0.15) is 0 Å². The highest BCUT2D eigenvalue weighted by Crippen LogP contribution is 2.27. The fourth-order valence-electron chi connectivity index (χ4n) is 2.54. The SMILES string of the molecule is Cc1cc(Br)cc(C(=O)c2ccc3c(c2)CCCO3)c1. The van der Waals surface area contributed by atoms with Crippen molar-refractivity contribution in [3.05, 3.63) is 63.1 Å². The van der Waals surface area contributed by atoms with Crippen molar-refractivity contribution in [3.8, 4) is 5.75 Å². The van der Waals surface area contributed by atoms with Gasteiger partial charge < -0.3 is 4.74 Å². The number of hydrogen-bond donors (Lipinski definition) is 0. The van der Waals surface area contributed by atoms with E-state index in [9.17, 15) is 4.79 Å². The van der Waals surface area contributed by atoms with Gasteiger partial charge in [0.15, 0.2) is 5.78 Å². The summed E-state index contributed by atoms with van der Waals surface area (Å²) < 4.78 is 6.52. The van der Waals surface area contributed by atoms with Gasteiger partial charge in [0, 0.05) is 15.6 Å². The van der Waals surface area contributed by atoms with Gasteiger partial charge in [-0.3, -0.25) is 4.79 Å². The average Bonchev–Trinajstić information content (AvgIpc) is 2.45. The number of ether oxygens (including phenoxy) is 1. The molecule has 0 radical (unpaired) electrons. The van der Waals surface area contributed by atoms with E-state index in [1.807, 2.05) is 43.3 Å². The van der Waals surface area contributed by atoms with Gasteiger partial charge in [0.05, 0.1) is 6.61 Å². The van der Waals surface area contributed by atoms with Crippen molar-refractivity contribution >= 4 is 21.7 Å². The second kappa shape index (κ2) is 5.41. The summed E-state index contributed by atoms with van der Waals surface area (Å²) in [5.74, 6) is 0.973. The van der Waals surface area contributed by atoms with Crippen LogP contribution in [-0.2, 0) is 6.42 Å². The van der Waals surface area contributed by atoms with Crippen LogP contribution in [0.1, 0.15) is 33.5 Å². The van der Waals surface area contributed by atoms with Crippen LogP contribution in [0.2, 0.25) is 0 Å². The van der Waals surface area contributed by atoms with Crippen LogP contribution in [0.4, 0.5) is 0 Å². The van der Waals surface area contributed by atoms with Crippen molar-refractivity contribution in [2.45, 2.75) is 19.8 Å². The minimum absolute atomic E-state index is 0.0581. The van der Waals surface area contributed by atoms with Crippen molar-refractivity contribution in [1.82, 2.24) is 0 Å². The van der Waals surface area contributed by atoms with E-state index in [1.54, 1.807) is 0 Å². The molecule has 0 N–H and O–H groups in total. The zero-order valence-electron chi connectivity index (χ0n) is 11.3. The second-order valence-electron chi connectivity index (χ2n) is 5.12. The average molecular weight is 331 g/mol. The smallest absolute Gasteiger partial charge is 0.193 e.